The van der Waals surface area contributed by atoms with E-state index in [-0.39, 0.29) is 0 Å². The summed E-state index contributed by atoms with van der Waals surface area (Å²) in [5.41, 5.74) is 3.26. The number of ether oxygens (including phenoxy) is 1. The SMILES string of the molecule is COc1cc(C(/N=C(\C)Cl)=C(/C)CCC(C)C)ccc1I. The van der Waals surface area contributed by atoms with Gasteiger partial charge in [-0.2, -0.15) is 0 Å². The molecule has 0 saturated heterocycles. The molecule has 0 bridgehead atoms. The molecule has 4 heteroatoms. The van der Waals surface area contributed by atoms with Crippen LogP contribution in [0.25, 0.3) is 5.70 Å². The summed E-state index contributed by atoms with van der Waals surface area (Å²) in [6, 6.07) is 6.14. The molecule has 0 aliphatic carbocycles. The number of aliphatic imine (C=N–C) groups is 1. The minimum Gasteiger partial charge on any atom is -0.496 e. The molecule has 21 heavy (non-hydrogen) atoms. The Morgan fingerprint density at radius 1 is 1.33 bits per heavy atom. The Morgan fingerprint density at radius 3 is 2.52 bits per heavy atom. The molecule has 0 spiro atoms. The second-order valence-corrected chi connectivity index (χ2v) is 7.23. The third kappa shape index (κ3) is 5.99. The molecule has 1 aromatic rings. The molecule has 116 valence electrons. The number of methoxy groups -OCH3 is 1. The zero-order valence-corrected chi connectivity index (χ0v) is 16.2. The Bertz CT molecular complexity index is 546. The molecule has 0 N–H and O–H groups in total. The molecule has 0 unspecified atom stereocenters. The topological polar surface area (TPSA) is 21.6 Å². The molecule has 1 rings (SSSR count). The van der Waals surface area contributed by atoms with Crippen LogP contribution in [0, 0.1) is 9.49 Å². The van der Waals surface area contributed by atoms with E-state index in [0.717, 1.165) is 33.4 Å². The number of benzene rings is 1. The van der Waals surface area contributed by atoms with Crippen molar-refractivity contribution in [2.24, 2.45) is 10.9 Å². The van der Waals surface area contributed by atoms with Crippen LogP contribution in [0.5, 0.6) is 5.75 Å². The van der Waals surface area contributed by atoms with Crippen molar-refractivity contribution in [3.63, 3.8) is 0 Å². The van der Waals surface area contributed by atoms with Crippen molar-refractivity contribution in [3.05, 3.63) is 32.9 Å². The van der Waals surface area contributed by atoms with E-state index in [9.17, 15) is 0 Å². The van der Waals surface area contributed by atoms with E-state index in [1.807, 2.05) is 12.1 Å². The Kier molecular flexibility index (Phi) is 7.74. The Balaban J connectivity index is 3.25. The highest BCUT2D eigenvalue weighted by Gasteiger charge is 2.10. The van der Waals surface area contributed by atoms with Gasteiger partial charge < -0.3 is 4.74 Å². The average molecular weight is 420 g/mol. The van der Waals surface area contributed by atoms with Crippen molar-refractivity contribution in [2.45, 2.75) is 40.5 Å². The molecule has 0 radical (unpaired) electrons. The summed E-state index contributed by atoms with van der Waals surface area (Å²) in [4.78, 5) is 4.53. The van der Waals surface area contributed by atoms with Gasteiger partial charge in [0.1, 0.15) is 10.9 Å². The first-order chi connectivity index (χ1) is 9.85. The molecular weight excluding hydrogens is 397 g/mol. The predicted octanol–water partition coefficient (Wildman–Crippen LogP) is 6.12. The quantitative estimate of drug-likeness (QED) is 0.402. The van der Waals surface area contributed by atoms with Crippen LogP contribution in [0.15, 0.2) is 28.8 Å². The lowest BCUT2D eigenvalue weighted by atomic mass is 9.99. The fourth-order valence-corrected chi connectivity index (χ4v) is 2.63. The van der Waals surface area contributed by atoms with Crippen LogP contribution in [-0.4, -0.2) is 12.3 Å². The van der Waals surface area contributed by atoms with Gasteiger partial charge in [-0.25, -0.2) is 4.99 Å². The van der Waals surface area contributed by atoms with Crippen molar-refractivity contribution in [1.29, 1.82) is 0 Å². The van der Waals surface area contributed by atoms with Crippen LogP contribution >= 0.6 is 34.2 Å². The van der Waals surface area contributed by atoms with Gasteiger partial charge in [-0.3, -0.25) is 0 Å². The minimum absolute atomic E-state index is 0.548. The van der Waals surface area contributed by atoms with Crippen LogP contribution < -0.4 is 4.74 Å². The second kappa shape index (κ2) is 8.79. The van der Waals surface area contributed by atoms with Gasteiger partial charge in [-0.05, 0) is 72.9 Å². The number of rotatable bonds is 6. The zero-order valence-electron chi connectivity index (χ0n) is 13.3. The lowest BCUT2D eigenvalue weighted by Gasteiger charge is -2.12. The zero-order chi connectivity index (χ0) is 16.0. The van der Waals surface area contributed by atoms with Gasteiger partial charge in [0.15, 0.2) is 0 Å². The van der Waals surface area contributed by atoms with Crippen LogP contribution in [0.2, 0.25) is 0 Å². The second-order valence-electron chi connectivity index (χ2n) is 5.52. The van der Waals surface area contributed by atoms with E-state index in [0.29, 0.717) is 11.1 Å². The van der Waals surface area contributed by atoms with E-state index in [2.05, 4.69) is 54.4 Å². The highest BCUT2D eigenvalue weighted by Crippen LogP contribution is 2.30. The van der Waals surface area contributed by atoms with Crippen LogP contribution in [0.1, 0.15) is 46.1 Å². The van der Waals surface area contributed by atoms with Crippen LogP contribution in [-0.2, 0) is 0 Å². The highest BCUT2D eigenvalue weighted by molar-refractivity contribution is 14.1. The normalized spacial score (nSPS) is 13.4. The fourth-order valence-electron chi connectivity index (χ4n) is 1.99. The maximum Gasteiger partial charge on any atom is 0.132 e. The first kappa shape index (κ1) is 18.5. The molecule has 2 nitrogen and oxygen atoms in total. The summed E-state index contributed by atoms with van der Waals surface area (Å²) in [7, 11) is 1.69. The number of allylic oxidation sites excluding steroid dienone is 1. The number of hydrogen-bond acceptors (Lipinski definition) is 2. The first-order valence-corrected chi connectivity index (χ1v) is 8.55. The molecule has 0 saturated carbocycles. The summed E-state index contributed by atoms with van der Waals surface area (Å²) < 4.78 is 6.49. The van der Waals surface area contributed by atoms with E-state index in [1.165, 1.54) is 5.57 Å². The van der Waals surface area contributed by atoms with Gasteiger partial charge in [0.25, 0.3) is 0 Å². The third-order valence-corrected chi connectivity index (χ3v) is 4.17. The number of nitrogens with zero attached hydrogens (tertiary/aromatic N) is 1. The van der Waals surface area contributed by atoms with Gasteiger partial charge in [0.05, 0.1) is 16.4 Å². The van der Waals surface area contributed by atoms with Gasteiger partial charge in [-0.15, -0.1) is 0 Å². The summed E-state index contributed by atoms with van der Waals surface area (Å²) in [5.74, 6) is 1.54. The molecule has 0 aromatic heterocycles. The predicted molar refractivity (Wildman–Crippen MR) is 101 cm³/mol. The molecule has 0 fully saturated rings. The van der Waals surface area contributed by atoms with Crippen molar-refractivity contribution in [1.82, 2.24) is 0 Å². The molecular formula is C17H23ClINO. The number of hydrogen-bond donors (Lipinski definition) is 0. The van der Waals surface area contributed by atoms with Crippen LogP contribution in [0.4, 0.5) is 0 Å². The van der Waals surface area contributed by atoms with Crippen molar-refractivity contribution in [2.75, 3.05) is 7.11 Å². The lowest BCUT2D eigenvalue weighted by Crippen LogP contribution is -1.95. The highest BCUT2D eigenvalue weighted by atomic mass is 127. The number of halogens is 2. The Morgan fingerprint density at radius 2 is 2.00 bits per heavy atom. The molecule has 0 aliphatic rings. The smallest absolute Gasteiger partial charge is 0.132 e. The first-order valence-electron chi connectivity index (χ1n) is 7.09. The van der Waals surface area contributed by atoms with E-state index >= 15 is 0 Å². The maximum atomic E-state index is 6.02. The summed E-state index contributed by atoms with van der Waals surface area (Å²) in [6.45, 7) is 8.40. The maximum absolute atomic E-state index is 6.02. The fraction of sp³-hybridized carbons (Fsp3) is 0.471. The minimum atomic E-state index is 0.548. The van der Waals surface area contributed by atoms with E-state index in [1.54, 1.807) is 14.0 Å². The molecule has 1 aromatic carbocycles. The van der Waals surface area contributed by atoms with E-state index < -0.39 is 0 Å². The van der Waals surface area contributed by atoms with Crippen LogP contribution in [0.3, 0.4) is 0 Å². The lowest BCUT2D eigenvalue weighted by molar-refractivity contribution is 0.411. The van der Waals surface area contributed by atoms with Gasteiger partial charge >= 0.3 is 0 Å². The van der Waals surface area contributed by atoms with Gasteiger partial charge in [0.2, 0.25) is 0 Å². The molecule has 0 aliphatic heterocycles. The monoisotopic (exact) mass is 419 g/mol. The standard InChI is InChI=1S/C17H23ClINO/c1-11(2)6-7-12(3)17(20-13(4)18)14-8-9-15(19)16(10-14)21-5/h8-11H,6-7H2,1-5H3/b17-12+,20-13+. The molecule has 0 heterocycles. The van der Waals surface area contributed by atoms with Crippen molar-refractivity contribution >= 4 is 45.1 Å². The average Bonchev–Trinajstić information content (AvgIpc) is 2.42. The molecule has 0 amide bonds. The van der Waals surface area contributed by atoms with E-state index in [4.69, 9.17) is 16.3 Å². The van der Waals surface area contributed by atoms with Crippen molar-refractivity contribution in [3.8, 4) is 5.75 Å². The van der Waals surface area contributed by atoms with Crippen molar-refractivity contribution < 1.29 is 4.74 Å². The third-order valence-electron chi connectivity index (χ3n) is 3.19. The summed E-state index contributed by atoms with van der Waals surface area (Å²) >= 11 is 8.28. The van der Waals surface area contributed by atoms with Gasteiger partial charge in [0, 0.05) is 5.56 Å². The largest absolute Gasteiger partial charge is 0.496 e. The summed E-state index contributed by atoms with van der Waals surface area (Å²) in [6.07, 6.45) is 2.17. The Labute approximate surface area is 146 Å². The van der Waals surface area contributed by atoms with Gasteiger partial charge in [-0.1, -0.05) is 31.5 Å². The summed E-state index contributed by atoms with van der Waals surface area (Å²) in [5, 5.41) is 0.548. The Hall–Kier alpha value is -0.550. The molecule has 0 atom stereocenters.